The molecule has 3 heteroatoms. The van der Waals surface area contributed by atoms with Gasteiger partial charge in [-0.2, -0.15) is 0 Å². The zero-order valence-electron chi connectivity index (χ0n) is 9.58. The number of nitrogens with zero attached hydrogens (tertiary/aromatic N) is 1. The third kappa shape index (κ3) is 2.94. The summed E-state index contributed by atoms with van der Waals surface area (Å²) in [6.45, 7) is 4.72. The summed E-state index contributed by atoms with van der Waals surface area (Å²) in [5.41, 5.74) is 0. The molecule has 86 valence electrons. The quantitative estimate of drug-likeness (QED) is 0.708. The predicted molar refractivity (Wildman–Crippen MR) is 58.5 cm³/mol. The topological polar surface area (TPSA) is 29.5 Å². The monoisotopic (exact) mass is 211 g/mol. The van der Waals surface area contributed by atoms with Gasteiger partial charge in [-0.3, -0.25) is 4.79 Å². The highest BCUT2D eigenvalue weighted by Gasteiger charge is 2.34. The maximum atomic E-state index is 11.7. The van der Waals surface area contributed by atoms with Crippen molar-refractivity contribution in [1.82, 2.24) is 4.90 Å². The van der Waals surface area contributed by atoms with Crippen LogP contribution in [-0.2, 0) is 9.53 Å². The number of ether oxygens (including phenoxy) is 1. The molecule has 0 aromatic heterocycles. The van der Waals surface area contributed by atoms with Gasteiger partial charge < -0.3 is 9.64 Å². The van der Waals surface area contributed by atoms with Crippen molar-refractivity contribution >= 4 is 5.91 Å². The Bertz CT molecular complexity index is 218. The maximum Gasteiger partial charge on any atom is 0.248 e. The van der Waals surface area contributed by atoms with Crippen molar-refractivity contribution in [3.63, 3.8) is 0 Å². The molecule has 0 aromatic rings. The smallest absolute Gasteiger partial charge is 0.248 e. The van der Waals surface area contributed by atoms with Gasteiger partial charge in [0, 0.05) is 19.7 Å². The van der Waals surface area contributed by atoms with Crippen LogP contribution in [-0.4, -0.2) is 37.1 Å². The van der Waals surface area contributed by atoms with Crippen molar-refractivity contribution in [2.45, 2.75) is 32.6 Å². The molecule has 2 aliphatic rings. The summed E-state index contributed by atoms with van der Waals surface area (Å²) in [6, 6.07) is 0. The molecule has 1 saturated heterocycles. The minimum Gasteiger partial charge on any atom is -0.372 e. The van der Waals surface area contributed by atoms with Crippen molar-refractivity contribution in [3.8, 4) is 0 Å². The van der Waals surface area contributed by atoms with Gasteiger partial charge in [-0.25, -0.2) is 0 Å². The summed E-state index contributed by atoms with van der Waals surface area (Å²) in [5, 5.41) is 0. The van der Waals surface area contributed by atoms with Crippen LogP contribution in [0, 0.1) is 11.8 Å². The standard InChI is InChI=1S/C12H21NO2/c1-2-15-9-12(14)13-7-5-11(6-8-13)10-3-4-10/h10-11H,2-9H2,1H3. The molecular formula is C12H21NO2. The predicted octanol–water partition coefficient (Wildman–Crippen LogP) is 1.67. The highest BCUT2D eigenvalue weighted by molar-refractivity contribution is 5.77. The van der Waals surface area contributed by atoms with Gasteiger partial charge in [0.2, 0.25) is 5.91 Å². The molecule has 0 atom stereocenters. The van der Waals surface area contributed by atoms with E-state index in [1.807, 2.05) is 11.8 Å². The van der Waals surface area contributed by atoms with E-state index in [1.165, 1.54) is 25.7 Å². The Kier molecular flexibility index (Phi) is 3.62. The molecule has 15 heavy (non-hydrogen) atoms. The van der Waals surface area contributed by atoms with E-state index in [4.69, 9.17) is 4.74 Å². The average molecular weight is 211 g/mol. The third-order valence-corrected chi connectivity index (χ3v) is 3.61. The number of amides is 1. The molecule has 1 aliphatic carbocycles. The minimum absolute atomic E-state index is 0.172. The van der Waals surface area contributed by atoms with Gasteiger partial charge in [0.1, 0.15) is 6.61 Å². The molecule has 1 aliphatic heterocycles. The number of carbonyl (C=O) groups is 1. The Hall–Kier alpha value is -0.570. The molecule has 2 fully saturated rings. The summed E-state index contributed by atoms with van der Waals surface area (Å²) in [6.07, 6.45) is 5.28. The van der Waals surface area contributed by atoms with E-state index in [9.17, 15) is 4.79 Å². The van der Waals surface area contributed by atoms with Crippen molar-refractivity contribution < 1.29 is 9.53 Å². The third-order valence-electron chi connectivity index (χ3n) is 3.61. The van der Waals surface area contributed by atoms with Crippen LogP contribution in [0.25, 0.3) is 0 Å². The summed E-state index contributed by atoms with van der Waals surface area (Å²) in [4.78, 5) is 13.6. The fourth-order valence-electron chi connectivity index (χ4n) is 2.47. The first kappa shape index (κ1) is 10.9. The van der Waals surface area contributed by atoms with Crippen LogP contribution in [0.2, 0.25) is 0 Å². The molecule has 0 aromatic carbocycles. The Labute approximate surface area is 91.8 Å². The van der Waals surface area contributed by atoms with E-state index in [1.54, 1.807) is 0 Å². The molecule has 0 radical (unpaired) electrons. The summed E-state index contributed by atoms with van der Waals surface area (Å²) in [7, 11) is 0. The second-order valence-electron chi connectivity index (χ2n) is 4.69. The van der Waals surface area contributed by atoms with Gasteiger partial charge in [0.05, 0.1) is 0 Å². The number of carbonyl (C=O) groups excluding carboxylic acids is 1. The molecule has 0 bridgehead atoms. The van der Waals surface area contributed by atoms with E-state index >= 15 is 0 Å². The molecule has 0 unspecified atom stereocenters. The van der Waals surface area contributed by atoms with Crippen molar-refractivity contribution in [1.29, 1.82) is 0 Å². The van der Waals surface area contributed by atoms with Crippen LogP contribution in [0.15, 0.2) is 0 Å². The molecule has 0 N–H and O–H groups in total. The molecular weight excluding hydrogens is 190 g/mol. The normalized spacial score (nSPS) is 23.1. The van der Waals surface area contributed by atoms with E-state index in [2.05, 4.69) is 0 Å². The lowest BCUT2D eigenvalue weighted by molar-refractivity contribution is -0.137. The molecule has 0 spiro atoms. The number of likely N-dealkylation sites (tertiary alicyclic amines) is 1. The van der Waals surface area contributed by atoms with E-state index in [-0.39, 0.29) is 12.5 Å². The summed E-state index contributed by atoms with van der Waals surface area (Å²) < 4.78 is 5.14. The fourth-order valence-corrected chi connectivity index (χ4v) is 2.47. The molecule has 1 heterocycles. The first-order valence-corrected chi connectivity index (χ1v) is 6.16. The second-order valence-corrected chi connectivity index (χ2v) is 4.69. The van der Waals surface area contributed by atoms with Gasteiger partial charge in [0.25, 0.3) is 0 Å². The van der Waals surface area contributed by atoms with Gasteiger partial charge >= 0.3 is 0 Å². The van der Waals surface area contributed by atoms with Gasteiger partial charge in [-0.1, -0.05) is 0 Å². The number of hydrogen-bond donors (Lipinski definition) is 0. The highest BCUT2D eigenvalue weighted by Crippen LogP contribution is 2.41. The zero-order valence-corrected chi connectivity index (χ0v) is 9.58. The Morgan fingerprint density at radius 1 is 1.20 bits per heavy atom. The average Bonchev–Trinajstić information content (AvgIpc) is 3.10. The van der Waals surface area contributed by atoms with Crippen molar-refractivity contribution in [3.05, 3.63) is 0 Å². The van der Waals surface area contributed by atoms with E-state index < -0.39 is 0 Å². The zero-order chi connectivity index (χ0) is 10.7. The van der Waals surface area contributed by atoms with Gasteiger partial charge in [-0.15, -0.1) is 0 Å². The van der Waals surface area contributed by atoms with Crippen LogP contribution in [0.5, 0.6) is 0 Å². The van der Waals surface area contributed by atoms with Crippen LogP contribution < -0.4 is 0 Å². The minimum atomic E-state index is 0.172. The SMILES string of the molecule is CCOCC(=O)N1CCC(C2CC2)CC1. The lowest BCUT2D eigenvalue weighted by atomic mass is 9.92. The van der Waals surface area contributed by atoms with Crippen LogP contribution in [0.3, 0.4) is 0 Å². The number of rotatable bonds is 4. The fraction of sp³-hybridized carbons (Fsp3) is 0.917. The highest BCUT2D eigenvalue weighted by atomic mass is 16.5. The largest absolute Gasteiger partial charge is 0.372 e. The van der Waals surface area contributed by atoms with Gasteiger partial charge in [-0.05, 0) is 44.4 Å². The molecule has 1 amide bonds. The van der Waals surface area contributed by atoms with Gasteiger partial charge in [0.15, 0.2) is 0 Å². The number of hydrogen-bond acceptors (Lipinski definition) is 2. The van der Waals surface area contributed by atoms with E-state index in [0.29, 0.717) is 6.61 Å². The molecule has 3 nitrogen and oxygen atoms in total. The Morgan fingerprint density at radius 2 is 1.80 bits per heavy atom. The lowest BCUT2D eigenvalue weighted by Gasteiger charge is -2.32. The van der Waals surface area contributed by atoms with Crippen molar-refractivity contribution in [2.24, 2.45) is 11.8 Å². The molecule has 1 saturated carbocycles. The first-order valence-electron chi connectivity index (χ1n) is 6.16. The maximum absolute atomic E-state index is 11.7. The Morgan fingerprint density at radius 3 is 2.33 bits per heavy atom. The second kappa shape index (κ2) is 4.97. The molecule has 2 rings (SSSR count). The van der Waals surface area contributed by atoms with Crippen LogP contribution in [0.1, 0.15) is 32.6 Å². The lowest BCUT2D eigenvalue weighted by Crippen LogP contribution is -2.40. The van der Waals surface area contributed by atoms with Crippen LogP contribution in [0.4, 0.5) is 0 Å². The van der Waals surface area contributed by atoms with Crippen molar-refractivity contribution in [2.75, 3.05) is 26.3 Å². The Balaban J connectivity index is 1.69. The van der Waals surface area contributed by atoms with E-state index in [0.717, 1.165) is 24.9 Å². The first-order chi connectivity index (χ1) is 7.31. The number of piperidine rings is 1. The summed E-state index contributed by atoms with van der Waals surface area (Å²) >= 11 is 0. The van der Waals surface area contributed by atoms with Crippen LogP contribution >= 0.6 is 0 Å². The summed E-state index contributed by atoms with van der Waals surface area (Å²) in [5.74, 6) is 2.07.